The lowest BCUT2D eigenvalue weighted by molar-refractivity contribution is -0.132. The first-order valence-electron chi connectivity index (χ1n) is 6.96. The van der Waals surface area contributed by atoms with Gasteiger partial charge in [-0.3, -0.25) is 4.79 Å². The standard InChI is InChI=1S/C15H21BrN2O2.ClH/c1-20-14-4-2-11(10-13(14)16)3-5-15(19)18-8-6-12(17)7-9-18;/h2,4,10,12H,3,5-9,17H2,1H3;1H. The van der Waals surface area contributed by atoms with Gasteiger partial charge in [0.05, 0.1) is 11.6 Å². The number of amides is 1. The molecular formula is C15H22BrClN2O2. The quantitative estimate of drug-likeness (QED) is 0.878. The minimum Gasteiger partial charge on any atom is -0.496 e. The van der Waals surface area contributed by atoms with Gasteiger partial charge in [-0.05, 0) is 52.9 Å². The molecular weight excluding hydrogens is 356 g/mol. The second-order valence-electron chi connectivity index (χ2n) is 5.19. The summed E-state index contributed by atoms with van der Waals surface area (Å²) in [5.74, 6) is 1.04. The Hall–Kier alpha value is -0.780. The second kappa shape index (κ2) is 8.61. The van der Waals surface area contributed by atoms with E-state index < -0.39 is 0 Å². The number of halogens is 2. The molecule has 21 heavy (non-hydrogen) atoms. The normalized spacial score (nSPS) is 15.5. The van der Waals surface area contributed by atoms with Gasteiger partial charge >= 0.3 is 0 Å². The number of carbonyl (C=O) groups excluding carboxylic acids is 1. The fourth-order valence-electron chi connectivity index (χ4n) is 2.42. The summed E-state index contributed by atoms with van der Waals surface area (Å²) in [5.41, 5.74) is 6.99. The first-order valence-corrected chi connectivity index (χ1v) is 7.75. The van der Waals surface area contributed by atoms with Crippen LogP contribution in [0.15, 0.2) is 22.7 Å². The SMILES string of the molecule is COc1ccc(CCC(=O)N2CCC(N)CC2)cc1Br.Cl. The third-order valence-corrected chi connectivity index (χ3v) is 4.36. The van der Waals surface area contributed by atoms with Crippen LogP contribution in [0.1, 0.15) is 24.8 Å². The fraction of sp³-hybridized carbons (Fsp3) is 0.533. The first-order chi connectivity index (χ1) is 9.60. The number of hydrogen-bond donors (Lipinski definition) is 1. The molecule has 1 heterocycles. The van der Waals surface area contributed by atoms with Gasteiger partial charge in [0.15, 0.2) is 0 Å². The summed E-state index contributed by atoms with van der Waals surface area (Å²) in [5, 5.41) is 0. The van der Waals surface area contributed by atoms with E-state index in [4.69, 9.17) is 10.5 Å². The molecule has 1 aliphatic heterocycles. The van der Waals surface area contributed by atoms with Gasteiger partial charge in [-0.2, -0.15) is 0 Å². The maximum absolute atomic E-state index is 12.1. The van der Waals surface area contributed by atoms with E-state index in [1.807, 2.05) is 23.1 Å². The molecule has 6 heteroatoms. The molecule has 0 spiro atoms. The number of aryl methyl sites for hydroxylation is 1. The molecule has 118 valence electrons. The van der Waals surface area contributed by atoms with Crippen molar-refractivity contribution in [1.29, 1.82) is 0 Å². The van der Waals surface area contributed by atoms with Crippen LogP contribution in [0.3, 0.4) is 0 Å². The Kier molecular flexibility index (Phi) is 7.49. The minimum atomic E-state index is 0. The number of nitrogens with two attached hydrogens (primary N) is 1. The Bertz CT molecular complexity index is 477. The van der Waals surface area contributed by atoms with Gasteiger partial charge < -0.3 is 15.4 Å². The van der Waals surface area contributed by atoms with E-state index in [1.54, 1.807) is 7.11 Å². The molecule has 1 aromatic carbocycles. The monoisotopic (exact) mass is 376 g/mol. The third-order valence-electron chi connectivity index (χ3n) is 3.74. The van der Waals surface area contributed by atoms with E-state index in [1.165, 1.54) is 0 Å². The van der Waals surface area contributed by atoms with Gasteiger partial charge in [-0.25, -0.2) is 0 Å². The van der Waals surface area contributed by atoms with Crippen LogP contribution in [0.4, 0.5) is 0 Å². The van der Waals surface area contributed by atoms with Crippen LogP contribution in [-0.4, -0.2) is 37.0 Å². The van der Waals surface area contributed by atoms with E-state index in [-0.39, 0.29) is 24.4 Å². The van der Waals surface area contributed by atoms with Crippen LogP contribution in [0.5, 0.6) is 5.75 Å². The minimum absolute atomic E-state index is 0. The van der Waals surface area contributed by atoms with E-state index in [0.717, 1.165) is 48.1 Å². The fourth-order valence-corrected chi connectivity index (χ4v) is 3.01. The van der Waals surface area contributed by atoms with Crippen molar-refractivity contribution in [3.8, 4) is 5.75 Å². The Labute approximate surface area is 140 Å². The molecule has 1 saturated heterocycles. The number of benzene rings is 1. The molecule has 0 aromatic heterocycles. The zero-order valence-corrected chi connectivity index (χ0v) is 14.6. The van der Waals surface area contributed by atoms with Crippen LogP contribution in [0.25, 0.3) is 0 Å². The van der Waals surface area contributed by atoms with Crippen LogP contribution in [0.2, 0.25) is 0 Å². The number of piperidine rings is 1. The maximum Gasteiger partial charge on any atom is 0.222 e. The Balaban J connectivity index is 0.00000220. The van der Waals surface area contributed by atoms with E-state index >= 15 is 0 Å². The largest absolute Gasteiger partial charge is 0.496 e. The van der Waals surface area contributed by atoms with Gasteiger partial charge in [0.1, 0.15) is 5.75 Å². The molecule has 0 aliphatic carbocycles. The third kappa shape index (κ3) is 5.16. The predicted molar refractivity (Wildman–Crippen MR) is 90.1 cm³/mol. The van der Waals surface area contributed by atoms with Crippen LogP contribution in [-0.2, 0) is 11.2 Å². The van der Waals surface area contributed by atoms with Crippen LogP contribution >= 0.6 is 28.3 Å². The molecule has 0 unspecified atom stereocenters. The summed E-state index contributed by atoms with van der Waals surface area (Å²) in [7, 11) is 1.64. The Morgan fingerprint density at radius 1 is 1.43 bits per heavy atom. The smallest absolute Gasteiger partial charge is 0.222 e. The van der Waals surface area contributed by atoms with Gasteiger partial charge in [-0.15, -0.1) is 12.4 Å². The number of rotatable bonds is 4. The molecule has 0 atom stereocenters. The number of nitrogens with zero attached hydrogens (tertiary/aromatic N) is 1. The summed E-state index contributed by atoms with van der Waals surface area (Å²) in [6.45, 7) is 1.60. The molecule has 1 amide bonds. The Morgan fingerprint density at radius 2 is 2.10 bits per heavy atom. The molecule has 0 saturated carbocycles. The number of methoxy groups -OCH3 is 1. The predicted octanol–water partition coefficient (Wildman–Crippen LogP) is 2.76. The number of likely N-dealkylation sites (tertiary alicyclic amines) is 1. The highest BCUT2D eigenvalue weighted by Crippen LogP contribution is 2.26. The summed E-state index contributed by atoms with van der Waals surface area (Å²) < 4.78 is 6.12. The molecule has 1 aliphatic rings. The summed E-state index contributed by atoms with van der Waals surface area (Å²) in [4.78, 5) is 14.1. The second-order valence-corrected chi connectivity index (χ2v) is 6.04. The molecule has 0 radical (unpaired) electrons. The van der Waals surface area contributed by atoms with E-state index in [2.05, 4.69) is 15.9 Å². The van der Waals surface area contributed by atoms with Gasteiger partial charge in [0.25, 0.3) is 0 Å². The molecule has 2 N–H and O–H groups in total. The highest BCUT2D eigenvalue weighted by atomic mass is 79.9. The van der Waals surface area contributed by atoms with Crippen molar-refractivity contribution in [2.24, 2.45) is 5.73 Å². The van der Waals surface area contributed by atoms with E-state index in [9.17, 15) is 4.79 Å². The van der Waals surface area contributed by atoms with Gasteiger partial charge in [-0.1, -0.05) is 6.07 Å². The summed E-state index contributed by atoms with van der Waals surface area (Å²) in [6, 6.07) is 6.20. The average molecular weight is 378 g/mol. The van der Waals surface area contributed by atoms with E-state index in [0.29, 0.717) is 6.42 Å². The average Bonchev–Trinajstić information content (AvgIpc) is 2.45. The lowest BCUT2D eigenvalue weighted by Crippen LogP contribution is -2.42. The summed E-state index contributed by atoms with van der Waals surface area (Å²) >= 11 is 3.46. The van der Waals surface area contributed by atoms with Gasteiger partial charge in [0.2, 0.25) is 5.91 Å². The van der Waals surface area contributed by atoms with Crippen molar-refractivity contribution in [3.63, 3.8) is 0 Å². The molecule has 4 nitrogen and oxygen atoms in total. The van der Waals surface area contributed by atoms with Gasteiger partial charge in [0, 0.05) is 25.6 Å². The molecule has 1 aromatic rings. The molecule has 1 fully saturated rings. The van der Waals surface area contributed by atoms with Crippen molar-refractivity contribution in [1.82, 2.24) is 4.90 Å². The van der Waals surface area contributed by atoms with Crippen molar-refractivity contribution < 1.29 is 9.53 Å². The van der Waals surface area contributed by atoms with Crippen molar-refractivity contribution >= 4 is 34.2 Å². The zero-order valence-electron chi connectivity index (χ0n) is 12.2. The Morgan fingerprint density at radius 3 is 2.67 bits per heavy atom. The lowest BCUT2D eigenvalue weighted by Gasteiger charge is -2.30. The first kappa shape index (κ1) is 18.3. The number of ether oxygens (including phenoxy) is 1. The van der Waals surface area contributed by atoms with Crippen LogP contribution in [0, 0.1) is 0 Å². The van der Waals surface area contributed by atoms with Crippen molar-refractivity contribution in [2.45, 2.75) is 31.7 Å². The van der Waals surface area contributed by atoms with Crippen molar-refractivity contribution in [2.75, 3.05) is 20.2 Å². The maximum atomic E-state index is 12.1. The highest BCUT2D eigenvalue weighted by molar-refractivity contribution is 9.10. The topological polar surface area (TPSA) is 55.6 Å². The lowest BCUT2D eigenvalue weighted by atomic mass is 10.0. The van der Waals surface area contributed by atoms with Crippen LogP contribution < -0.4 is 10.5 Å². The zero-order chi connectivity index (χ0) is 14.5. The number of hydrogen-bond acceptors (Lipinski definition) is 3. The van der Waals surface area contributed by atoms with Crippen molar-refractivity contribution in [3.05, 3.63) is 28.2 Å². The molecule has 2 rings (SSSR count). The number of carbonyl (C=O) groups is 1. The summed E-state index contributed by atoms with van der Waals surface area (Å²) in [6.07, 6.45) is 3.14. The molecule has 0 bridgehead atoms. The highest BCUT2D eigenvalue weighted by Gasteiger charge is 2.20.